The minimum Gasteiger partial charge on any atom is -0.341 e. The highest BCUT2D eigenvalue weighted by Gasteiger charge is 2.11. The molecular formula is C25H22N4O2. The number of anilines is 1. The molecular weight excluding hydrogens is 388 g/mol. The maximum absolute atomic E-state index is 12.6. The first-order valence-electron chi connectivity index (χ1n) is 10.4. The average molecular weight is 410 g/mol. The van der Waals surface area contributed by atoms with E-state index < -0.39 is 0 Å². The maximum atomic E-state index is 12.6. The van der Waals surface area contributed by atoms with Gasteiger partial charge in [-0.1, -0.05) is 30.3 Å². The first kappa shape index (κ1) is 19.1. The van der Waals surface area contributed by atoms with Gasteiger partial charge in [-0.3, -0.25) is 14.3 Å². The molecule has 1 amide bonds. The quantitative estimate of drug-likeness (QED) is 0.462. The summed E-state index contributed by atoms with van der Waals surface area (Å²) < 4.78 is 3.98. The van der Waals surface area contributed by atoms with Crippen LogP contribution in [0.5, 0.6) is 0 Å². The molecule has 0 radical (unpaired) electrons. The molecule has 3 aromatic carbocycles. The number of nitrogens with one attached hydrogen (secondary N) is 1. The van der Waals surface area contributed by atoms with Crippen LogP contribution >= 0.6 is 0 Å². The van der Waals surface area contributed by atoms with Gasteiger partial charge in [-0.15, -0.1) is 0 Å². The summed E-state index contributed by atoms with van der Waals surface area (Å²) >= 11 is 0. The van der Waals surface area contributed by atoms with Gasteiger partial charge in [0.15, 0.2) is 0 Å². The van der Waals surface area contributed by atoms with Crippen LogP contribution in [0.4, 0.5) is 5.69 Å². The number of benzene rings is 3. The number of hydrogen-bond acceptors (Lipinski definition) is 3. The zero-order chi connectivity index (χ0) is 21.4. The highest BCUT2D eigenvalue weighted by atomic mass is 16.1. The zero-order valence-electron chi connectivity index (χ0n) is 17.2. The Bertz CT molecular complexity index is 1500. The molecule has 2 aromatic heterocycles. The molecule has 0 saturated heterocycles. The fourth-order valence-electron chi connectivity index (χ4n) is 4.24. The normalized spacial score (nSPS) is 11.4. The van der Waals surface area contributed by atoms with Crippen LogP contribution in [0.25, 0.3) is 32.7 Å². The van der Waals surface area contributed by atoms with Gasteiger partial charge >= 0.3 is 0 Å². The lowest BCUT2D eigenvalue weighted by molar-refractivity contribution is -0.116. The van der Waals surface area contributed by atoms with Gasteiger partial charge in [-0.2, -0.15) is 5.10 Å². The minimum absolute atomic E-state index is 0.0943. The van der Waals surface area contributed by atoms with Crippen LogP contribution in [-0.4, -0.2) is 20.3 Å². The minimum atomic E-state index is -0.115. The molecule has 0 atom stereocenters. The van der Waals surface area contributed by atoms with Crippen LogP contribution in [0.3, 0.4) is 0 Å². The van der Waals surface area contributed by atoms with Crippen LogP contribution in [-0.2, 0) is 17.9 Å². The predicted octanol–water partition coefficient (Wildman–Crippen LogP) is 4.55. The number of fused-ring (bicyclic) bond motifs is 4. The van der Waals surface area contributed by atoms with Crippen molar-refractivity contribution in [3.63, 3.8) is 0 Å². The third kappa shape index (κ3) is 3.36. The van der Waals surface area contributed by atoms with Crippen molar-refractivity contribution in [2.75, 3.05) is 5.32 Å². The largest absolute Gasteiger partial charge is 0.341 e. The smallest absolute Gasteiger partial charge is 0.226 e. The topological polar surface area (TPSA) is 68.9 Å². The van der Waals surface area contributed by atoms with E-state index in [4.69, 9.17) is 0 Å². The molecule has 154 valence electrons. The van der Waals surface area contributed by atoms with E-state index in [9.17, 15) is 9.59 Å². The molecule has 2 heterocycles. The van der Waals surface area contributed by atoms with Crippen molar-refractivity contribution in [3.05, 3.63) is 83.2 Å². The van der Waals surface area contributed by atoms with E-state index in [1.165, 1.54) is 17.1 Å². The summed E-state index contributed by atoms with van der Waals surface area (Å²) in [4.78, 5) is 24.6. The Kier molecular flexibility index (Phi) is 4.75. The second-order valence-corrected chi connectivity index (χ2v) is 7.54. The summed E-state index contributed by atoms with van der Waals surface area (Å²) in [5, 5.41) is 10.1. The van der Waals surface area contributed by atoms with Crippen molar-refractivity contribution < 1.29 is 4.79 Å². The second-order valence-electron chi connectivity index (χ2n) is 7.54. The van der Waals surface area contributed by atoms with Gasteiger partial charge in [-0.25, -0.2) is 0 Å². The number of hydrogen-bond donors (Lipinski definition) is 1. The molecule has 0 saturated carbocycles. The average Bonchev–Trinajstić information content (AvgIpc) is 3.12. The van der Waals surface area contributed by atoms with Gasteiger partial charge in [0.1, 0.15) is 0 Å². The Balaban J connectivity index is 1.38. The fraction of sp³-hybridized carbons (Fsp3) is 0.160. The molecule has 6 nitrogen and oxygen atoms in total. The van der Waals surface area contributed by atoms with E-state index in [-0.39, 0.29) is 17.8 Å². The lowest BCUT2D eigenvalue weighted by Gasteiger charge is -2.10. The first-order chi connectivity index (χ1) is 15.2. The van der Waals surface area contributed by atoms with Gasteiger partial charge in [0.25, 0.3) is 0 Å². The second kappa shape index (κ2) is 7.72. The molecule has 0 unspecified atom stereocenters. The number of aryl methyl sites for hydroxylation is 2. The predicted molar refractivity (Wildman–Crippen MR) is 124 cm³/mol. The van der Waals surface area contributed by atoms with E-state index in [1.807, 2.05) is 42.5 Å². The van der Waals surface area contributed by atoms with E-state index in [1.54, 1.807) is 10.7 Å². The van der Waals surface area contributed by atoms with Gasteiger partial charge in [0, 0.05) is 45.8 Å². The van der Waals surface area contributed by atoms with Crippen molar-refractivity contribution in [1.29, 1.82) is 0 Å². The number of para-hydroxylation sites is 2. The van der Waals surface area contributed by atoms with E-state index in [0.717, 1.165) is 28.7 Å². The van der Waals surface area contributed by atoms with Gasteiger partial charge in [0.05, 0.1) is 18.3 Å². The number of carbonyl (C=O) groups is 1. The lowest BCUT2D eigenvalue weighted by atomic mass is 10.1. The lowest BCUT2D eigenvalue weighted by Crippen LogP contribution is -2.18. The van der Waals surface area contributed by atoms with Gasteiger partial charge < -0.3 is 9.88 Å². The summed E-state index contributed by atoms with van der Waals surface area (Å²) in [7, 11) is 0. The molecule has 0 aliphatic heterocycles. The first-order valence-corrected chi connectivity index (χ1v) is 10.4. The van der Waals surface area contributed by atoms with Crippen molar-refractivity contribution >= 4 is 44.3 Å². The fourth-order valence-corrected chi connectivity index (χ4v) is 4.24. The Morgan fingerprint density at radius 3 is 2.42 bits per heavy atom. The number of aromatic nitrogens is 3. The summed E-state index contributed by atoms with van der Waals surface area (Å²) in [5.74, 6) is -0.0943. The number of nitrogens with zero attached hydrogens (tertiary/aromatic N) is 3. The maximum Gasteiger partial charge on any atom is 0.226 e. The molecule has 0 fully saturated rings. The molecule has 5 rings (SSSR count). The van der Waals surface area contributed by atoms with E-state index >= 15 is 0 Å². The van der Waals surface area contributed by atoms with E-state index in [2.05, 4.69) is 40.1 Å². The Hall–Kier alpha value is -3.93. The third-order valence-electron chi connectivity index (χ3n) is 5.68. The van der Waals surface area contributed by atoms with Crippen molar-refractivity contribution in [1.82, 2.24) is 14.3 Å². The Morgan fingerprint density at radius 2 is 1.61 bits per heavy atom. The molecule has 0 bridgehead atoms. The molecule has 31 heavy (non-hydrogen) atoms. The molecule has 0 spiro atoms. The van der Waals surface area contributed by atoms with Gasteiger partial charge in [0.2, 0.25) is 11.3 Å². The Labute approximate surface area is 178 Å². The van der Waals surface area contributed by atoms with Crippen LogP contribution in [0, 0.1) is 0 Å². The Morgan fingerprint density at radius 1 is 0.903 bits per heavy atom. The monoisotopic (exact) mass is 410 g/mol. The van der Waals surface area contributed by atoms with Crippen LogP contribution in [0.2, 0.25) is 0 Å². The summed E-state index contributed by atoms with van der Waals surface area (Å²) in [6.45, 7) is 3.41. The molecule has 5 aromatic rings. The third-order valence-corrected chi connectivity index (χ3v) is 5.68. The number of amides is 1. The van der Waals surface area contributed by atoms with Gasteiger partial charge in [-0.05, 0) is 43.3 Å². The molecule has 6 heteroatoms. The molecule has 0 aliphatic carbocycles. The summed E-state index contributed by atoms with van der Waals surface area (Å²) in [6, 6.07) is 21.7. The highest BCUT2D eigenvalue weighted by molar-refractivity contribution is 6.09. The summed E-state index contributed by atoms with van der Waals surface area (Å²) in [5.41, 5.74) is 3.74. The SMILES string of the molecule is CCn1c2ccccc2c2cc(NC(=O)CCn3ncc(=O)c4ccccc43)ccc21. The number of rotatable bonds is 5. The molecule has 1 N–H and O–H groups in total. The zero-order valence-corrected chi connectivity index (χ0v) is 17.2. The molecule has 0 aliphatic rings. The van der Waals surface area contributed by atoms with Crippen LogP contribution in [0.15, 0.2) is 77.7 Å². The van der Waals surface area contributed by atoms with Crippen molar-refractivity contribution in [2.24, 2.45) is 0 Å². The van der Waals surface area contributed by atoms with Crippen LogP contribution < -0.4 is 10.7 Å². The standard InChI is InChI=1S/C25H22N4O2/c1-2-28-21-9-5-3-7-18(21)20-15-17(11-12-22(20)28)27-25(31)13-14-29-23-10-6-4-8-19(23)24(30)16-26-29/h3-12,15-16H,2,13-14H2,1H3,(H,27,31). The summed E-state index contributed by atoms with van der Waals surface area (Å²) in [6.07, 6.45) is 1.56. The number of carbonyl (C=O) groups excluding carboxylic acids is 1. The van der Waals surface area contributed by atoms with Crippen molar-refractivity contribution in [2.45, 2.75) is 26.4 Å². The van der Waals surface area contributed by atoms with Crippen molar-refractivity contribution in [3.8, 4) is 0 Å². The van der Waals surface area contributed by atoms with E-state index in [0.29, 0.717) is 11.9 Å². The highest BCUT2D eigenvalue weighted by Crippen LogP contribution is 2.31. The van der Waals surface area contributed by atoms with Crippen LogP contribution in [0.1, 0.15) is 13.3 Å².